The average molecular weight is 217 g/mol. The van der Waals surface area contributed by atoms with E-state index in [9.17, 15) is 26.5 Å². The van der Waals surface area contributed by atoms with Crippen LogP contribution in [0.15, 0.2) is 0 Å². The molecule has 0 radical (unpaired) electrons. The number of halogens is 5. The summed E-state index contributed by atoms with van der Waals surface area (Å²) in [5.41, 5.74) is 0. The van der Waals surface area contributed by atoms with Crippen LogP contribution in [-0.4, -0.2) is 25.5 Å². The zero-order valence-electron chi connectivity index (χ0n) is 7.15. The highest BCUT2D eigenvalue weighted by Crippen LogP contribution is 2.66. The predicted molar refractivity (Wildman–Crippen MR) is 37.9 cm³/mol. The van der Waals surface area contributed by atoms with Gasteiger partial charge in [-0.3, -0.25) is 4.79 Å². The fraction of sp³-hybridized carbons (Fsp3) is 0.833. The molecule has 0 heterocycles. The number of alkyl halides is 2. The molecule has 0 bridgehead atoms. The van der Waals surface area contributed by atoms with E-state index in [1.807, 2.05) is 0 Å². The predicted octanol–water partition coefficient (Wildman–Crippen LogP) is 2.03. The van der Waals surface area contributed by atoms with Crippen LogP contribution in [0.4, 0.5) is 21.7 Å². The molecule has 0 unspecified atom stereocenters. The van der Waals surface area contributed by atoms with Gasteiger partial charge in [0, 0.05) is 5.82 Å². The molecule has 2 atom stereocenters. The van der Waals surface area contributed by atoms with E-state index in [1.54, 1.807) is 0 Å². The summed E-state index contributed by atoms with van der Waals surface area (Å²) in [4.78, 5) is 10.7. The van der Waals surface area contributed by atoms with Gasteiger partial charge >= 0.3 is 12.9 Å². The molecular formula is C6H7BF5O2-. The molecule has 0 N–H and O–H groups in total. The van der Waals surface area contributed by atoms with Crippen molar-refractivity contribution in [2.75, 3.05) is 6.61 Å². The number of carbonyl (C=O) groups excluding carboxylic acids is 1. The van der Waals surface area contributed by atoms with Gasteiger partial charge < -0.3 is 17.7 Å². The Balaban J connectivity index is 2.71. The van der Waals surface area contributed by atoms with E-state index in [2.05, 4.69) is 4.74 Å². The molecule has 1 fully saturated rings. The van der Waals surface area contributed by atoms with Crippen LogP contribution in [0.3, 0.4) is 0 Å². The average Bonchev–Trinajstić information content (AvgIpc) is 2.53. The molecule has 1 saturated carbocycles. The zero-order chi connectivity index (χ0) is 11.1. The minimum Gasteiger partial charge on any atom is -0.466 e. The van der Waals surface area contributed by atoms with E-state index < -0.39 is 30.6 Å². The van der Waals surface area contributed by atoms with Gasteiger partial charge in [-0.25, -0.2) is 8.78 Å². The second kappa shape index (κ2) is 3.10. The van der Waals surface area contributed by atoms with E-state index >= 15 is 0 Å². The first-order valence-corrected chi connectivity index (χ1v) is 3.97. The normalized spacial score (nSPS) is 29.9. The van der Waals surface area contributed by atoms with E-state index in [-0.39, 0.29) is 6.61 Å². The maximum Gasteiger partial charge on any atom is 0.488 e. The monoisotopic (exact) mass is 217 g/mol. The quantitative estimate of drug-likeness (QED) is 0.410. The van der Waals surface area contributed by atoms with Gasteiger partial charge in [0.2, 0.25) is 5.92 Å². The topological polar surface area (TPSA) is 26.3 Å². The zero-order valence-corrected chi connectivity index (χ0v) is 7.15. The van der Waals surface area contributed by atoms with Crippen LogP contribution in [0.25, 0.3) is 0 Å². The Hall–Kier alpha value is -0.815. The minimum absolute atomic E-state index is 0.205. The van der Waals surface area contributed by atoms with Gasteiger partial charge in [0.05, 0.1) is 6.61 Å². The van der Waals surface area contributed by atoms with Crippen molar-refractivity contribution in [3.8, 4) is 0 Å². The van der Waals surface area contributed by atoms with Gasteiger partial charge in [0.1, 0.15) is 5.92 Å². The molecule has 1 aliphatic rings. The number of hydrogen-bond acceptors (Lipinski definition) is 2. The molecule has 8 heteroatoms. The number of hydrogen-bond donors (Lipinski definition) is 0. The molecule has 0 amide bonds. The van der Waals surface area contributed by atoms with E-state index in [1.165, 1.54) is 6.92 Å². The van der Waals surface area contributed by atoms with Crippen LogP contribution in [0.1, 0.15) is 6.92 Å². The standard InChI is InChI=1S/C6H7BF5O2/c1-2-14-5(13)3-4(6(3,8)9)7(10,11)12/h3-4H,2H2,1H3/q-1/t3-,4+/m0/s1. The molecular weight excluding hydrogens is 210 g/mol. The van der Waals surface area contributed by atoms with Gasteiger partial charge in [-0.2, -0.15) is 0 Å². The van der Waals surface area contributed by atoms with Gasteiger partial charge in [0.15, 0.2) is 0 Å². The van der Waals surface area contributed by atoms with Crippen LogP contribution in [0, 0.1) is 5.92 Å². The van der Waals surface area contributed by atoms with Gasteiger partial charge in [-0.1, -0.05) is 0 Å². The fourth-order valence-electron chi connectivity index (χ4n) is 1.36. The molecule has 0 saturated heterocycles. The molecule has 82 valence electrons. The second-order valence-electron chi connectivity index (χ2n) is 3.06. The molecule has 0 aliphatic heterocycles. The summed E-state index contributed by atoms with van der Waals surface area (Å²) in [5, 5.41) is 0. The van der Waals surface area contributed by atoms with Gasteiger partial charge in [-0.05, 0) is 6.92 Å². The molecule has 0 aromatic rings. The summed E-state index contributed by atoms with van der Waals surface area (Å²) in [5.74, 6) is -10.6. The summed E-state index contributed by atoms with van der Waals surface area (Å²) < 4.78 is 65.1. The Kier molecular flexibility index (Phi) is 2.49. The van der Waals surface area contributed by atoms with Crippen molar-refractivity contribution in [3.63, 3.8) is 0 Å². The maximum absolute atomic E-state index is 12.5. The van der Waals surface area contributed by atoms with Crippen molar-refractivity contribution in [1.29, 1.82) is 0 Å². The lowest BCUT2D eigenvalue weighted by atomic mass is 9.81. The summed E-state index contributed by atoms with van der Waals surface area (Å²) in [6.45, 7) is -4.56. The number of rotatable bonds is 3. The van der Waals surface area contributed by atoms with Gasteiger partial charge in [0.25, 0.3) is 0 Å². The van der Waals surface area contributed by atoms with Crippen molar-refractivity contribution >= 4 is 12.9 Å². The smallest absolute Gasteiger partial charge is 0.466 e. The van der Waals surface area contributed by atoms with Crippen molar-refractivity contribution < 1.29 is 31.3 Å². The van der Waals surface area contributed by atoms with Crippen LogP contribution < -0.4 is 0 Å². The lowest BCUT2D eigenvalue weighted by Gasteiger charge is -2.11. The lowest BCUT2D eigenvalue weighted by molar-refractivity contribution is -0.147. The van der Waals surface area contributed by atoms with E-state index in [4.69, 9.17) is 0 Å². The maximum atomic E-state index is 12.5. The molecule has 1 rings (SSSR count). The van der Waals surface area contributed by atoms with Crippen LogP contribution in [0.5, 0.6) is 0 Å². The Morgan fingerprint density at radius 2 is 1.93 bits per heavy atom. The Bertz CT molecular complexity index is 251. The Morgan fingerprint density at radius 1 is 1.43 bits per heavy atom. The van der Waals surface area contributed by atoms with E-state index in [0.717, 1.165) is 0 Å². The SMILES string of the molecule is CCOC(=O)[C@@H]1[C@@H]([B-](F)(F)F)C1(F)F. The highest BCUT2D eigenvalue weighted by atomic mass is 19.4. The lowest BCUT2D eigenvalue weighted by Crippen LogP contribution is -2.19. The van der Waals surface area contributed by atoms with Crippen molar-refractivity contribution in [2.24, 2.45) is 5.92 Å². The third-order valence-corrected chi connectivity index (χ3v) is 2.06. The van der Waals surface area contributed by atoms with Crippen LogP contribution in [0.2, 0.25) is 5.82 Å². The largest absolute Gasteiger partial charge is 0.488 e. The van der Waals surface area contributed by atoms with Crippen molar-refractivity contribution in [2.45, 2.75) is 18.7 Å². The summed E-state index contributed by atoms with van der Waals surface area (Å²) in [7, 11) is 0. The number of carbonyl (C=O) groups is 1. The molecule has 0 spiro atoms. The van der Waals surface area contributed by atoms with Crippen molar-refractivity contribution in [3.05, 3.63) is 0 Å². The highest BCUT2D eigenvalue weighted by Gasteiger charge is 2.77. The molecule has 0 aromatic heterocycles. The molecule has 14 heavy (non-hydrogen) atoms. The Morgan fingerprint density at radius 3 is 2.21 bits per heavy atom. The molecule has 2 nitrogen and oxygen atoms in total. The minimum atomic E-state index is -5.69. The van der Waals surface area contributed by atoms with Crippen LogP contribution >= 0.6 is 0 Å². The van der Waals surface area contributed by atoms with Crippen molar-refractivity contribution in [1.82, 2.24) is 0 Å². The first-order valence-electron chi connectivity index (χ1n) is 3.97. The van der Waals surface area contributed by atoms with Gasteiger partial charge in [-0.15, -0.1) is 0 Å². The Labute approximate surface area is 76.5 Å². The first-order chi connectivity index (χ1) is 6.23. The number of esters is 1. The third-order valence-electron chi connectivity index (χ3n) is 2.06. The second-order valence-corrected chi connectivity index (χ2v) is 3.06. The summed E-state index contributed by atoms with van der Waals surface area (Å²) in [6, 6.07) is 0. The summed E-state index contributed by atoms with van der Waals surface area (Å²) in [6.07, 6.45) is 0. The fourth-order valence-corrected chi connectivity index (χ4v) is 1.36. The van der Waals surface area contributed by atoms with E-state index in [0.29, 0.717) is 0 Å². The first kappa shape index (κ1) is 11.3. The van der Waals surface area contributed by atoms with Crippen LogP contribution in [-0.2, 0) is 9.53 Å². The molecule has 0 aromatic carbocycles. The highest BCUT2D eigenvalue weighted by molar-refractivity contribution is 6.62. The third kappa shape index (κ3) is 1.69. The summed E-state index contributed by atoms with van der Waals surface area (Å²) >= 11 is 0. The number of ether oxygens (including phenoxy) is 1. The molecule has 1 aliphatic carbocycles.